The van der Waals surface area contributed by atoms with E-state index in [0.29, 0.717) is 64.6 Å². The van der Waals surface area contributed by atoms with Gasteiger partial charge in [-0.2, -0.15) is 0 Å². The molecule has 3 unspecified atom stereocenters. The normalized spacial score (nSPS) is 13.2. The van der Waals surface area contributed by atoms with Crippen LogP contribution < -0.4 is 36.6 Å². The number of hydrogen-bond donors (Lipinski definition) is 11. The Bertz CT molecular complexity index is 1200. The molecule has 0 aromatic heterocycles. The number of amides is 4. The Morgan fingerprint density at radius 2 is 0.864 bits per heavy atom. The number of thiol groups is 2. The Morgan fingerprint density at radius 1 is 0.458 bits per heavy atom. The second-order valence-electron chi connectivity index (χ2n) is 15.3. The second-order valence-corrected chi connectivity index (χ2v) is 16.0. The molecule has 0 aromatic rings. The van der Waals surface area contributed by atoms with Crippen molar-refractivity contribution in [3.63, 3.8) is 0 Å². The predicted molar refractivity (Wildman–Crippen MR) is 237 cm³/mol. The van der Waals surface area contributed by atoms with Crippen LogP contribution in [0.4, 0.5) is 0 Å². The lowest BCUT2D eigenvalue weighted by Crippen LogP contribution is -2.43. The molecule has 0 rings (SSSR count). The summed E-state index contributed by atoms with van der Waals surface area (Å²) in [5, 5.41) is 35.3. The molecular formula is C41H77N7O9S2. The quantitative estimate of drug-likeness (QED) is 0.0306. The van der Waals surface area contributed by atoms with Gasteiger partial charge in [0.25, 0.3) is 0 Å². The number of carboxylic acid groups (broad SMARTS) is 2. The molecule has 16 nitrogen and oxygen atoms in total. The van der Waals surface area contributed by atoms with E-state index in [1.54, 1.807) is 14.1 Å². The lowest BCUT2D eigenvalue weighted by Gasteiger charge is -2.18. The number of rotatable bonds is 41. The summed E-state index contributed by atoms with van der Waals surface area (Å²) in [6.07, 6.45) is 18.9. The van der Waals surface area contributed by atoms with Crippen LogP contribution in [0.25, 0.3) is 0 Å². The van der Waals surface area contributed by atoms with E-state index in [-0.39, 0.29) is 66.5 Å². The average molecular weight is 876 g/mol. The zero-order chi connectivity index (χ0) is 44.1. The predicted octanol–water partition coefficient (Wildman–Crippen LogP) is 4.18. The van der Waals surface area contributed by atoms with Crippen LogP contribution in [0.1, 0.15) is 161 Å². The number of carbonyl (C=O) groups excluding carboxylic acids is 5. The zero-order valence-corrected chi connectivity index (χ0v) is 37.5. The summed E-state index contributed by atoms with van der Waals surface area (Å²) < 4.78 is 2.62. The van der Waals surface area contributed by atoms with Crippen molar-refractivity contribution in [2.24, 2.45) is 0 Å². The summed E-state index contributed by atoms with van der Waals surface area (Å²) in [7, 11) is 3.46. The van der Waals surface area contributed by atoms with Crippen LogP contribution in [0, 0.1) is 0 Å². The van der Waals surface area contributed by atoms with Crippen LogP contribution in [0.15, 0.2) is 0 Å². The molecule has 4 amide bonds. The van der Waals surface area contributed by atoms with Crippen molar-refractivity contribution < 1.29 is 43.8 Å². The van der Waals surface area contributed by atoms with E-state index >= 15 is 0 Å². The molecule has 0 aliphatic rings. The zero-order valence-electron chi connectivity index (χ0n) is 35.8. The third kappa shape index (κ3) is 32.5. The molecule has 0 aliphatic carbocycles. The number of hydrogen-bond acceptors (Lipinski definition) is 11. The Hall–Kier alpha value is -2.93. The summed E-state index contributed by atoms with van der Waals surface area (Å²) >= 11 is 7.75. The summed E-state index contributed by atoms with van der Waals surface area (Å²) in [6, 6.07) is -2.27. The summed E-state index contributed by atoms with van der Waals surface area (Å²) in [6.45, 7) is 1.38. The average Bonchev–Trinajstić information content (AvgIpc) is 3.19. The van der Waals surface area contributed by atoms with Crippen molar-refractivity contribution in [2.45, 2.75) is 185 Å². The molecule has 18 heteroatoms. The maximum Gasteiger partial charge on any atom is 0.326 e. The number of carbonyl (C=O) groups is 7. The van der Waals surface area contributed by atoms with Crippen LogP contribution >= 0.6 is 25.4 Å². The first-order chi connectivity index (χ1) is 28.4. The number of carboxylic acids is 2. The van der Waals surface area contributed by atoms with Gasteiger partial charge in [0.05, 0.1) is 18.1 Å². The topological polar surface area (TPSA) is 244 Å². The van der Waals surface area contributed by atoms with Crippen molar-refractivity contribution >= 4 is 66.1 Å². The van der Waals surface area contributed by atoms with Gasteiger partial charge < -0.3 is 42.1 Å². The van der Waals surface area contributed by atoms with Crippen molar-refractivity contribution in [1.82, 2.24) is 36.6 Å². The smallest absolute Gasteiger partial charge is 0.326 e. The highest BCUT2D eigenvalue weighted by Gasteiger charge is 2.21. The van der Waals surface area contributed by atoms with Gasteiger partial charge in [0.15, 0.2) is 0 Å². The maximum atomic E-state index is 12.7. The van der Waals surface area contributed by atoms with Crippen molar-refractivity contribution in [3.8, 4) is 0 Å². The van der Waals surface area contributed by atoms with Crippen LogP contribution in [0.3, 0.4) is 0 Å². The van der Waals surface area contributed by atoms with Gasteiger partial charge >= 0.3 is 11.9 Å². The lowest BCUT2D eigenvalue weighted by molar-refractivity contribution is -0.142. The van der Waals surface area contributed by atoms with E-state index in [1.165, 1.54) is 19.3 Å². The van der Waals surface area contributed by atoms with Gasteiger partial charge in [-0.1, -0.05) is 77.0 Å². The first kappa shape index (κ1) is 56.1. The van der Waals surface area contributed by atoms with Gasteiger partial charge in [0.1, 0.15) is 6.04 Å². The highest BCUT2D eigenvalue weighted by molar-refractivity contribution is 7.96. The number of nitrogens with one attached hydrogen (secondary N) is 7. The SMILES string of the molecule is CNC(CCCCNC(=O)[C@H](CCCCNC(=O)CCC(NC(=O)CCCCCCCCCCCCCCC(=O)O)C(=O)O)NC)C(=O)NCCCCC(NS)C(=O)S. The Balaban J connectivity index is 4.05. The molecule has 4 atom stereocenters. The fourth-order valence-corrected chi connectivity index (χ4v) is 7.13. The molecule has 0 aliphatic heterocycles. The third-order valence-electron chi connectivity index (χ3n) is 10.3. The van der Waals surface area contributed by atoms with E-state index in [2.05, 4.69) is 62.1 Å². The first-order valence-electron chi connectivity index (χ1n) is 21.9. The second kappa shape index (κ2) is 38.0. The molecule has 0 fully saturated rings. The van der Waals surface area contributed by atoms with Gasteiger partial charge in [0.2, 0.25) is 28.7 Å². The van der Waals surface area contributed by atoms with Crippen LogP contribution in [-0.2, 0) is 33.6 Å². The molecular weight excluding hydrogens is 799 g/mol. The Kier molecular flexibility index (Phi) is 36.1. The molecule has 59 heavy (non-hydrogen) atoms. The highest BCUT2D eigenvalue weighted by Crippen LogP contribution is 2.13. The van der Waals surface area contributed by atoms with Gasteiger partial charge in [0, 0.05) is 38.9 Å². The molecule has 342 valence electrons. The van der Waals surface area contributed by atoms with E-state index in [0.717, 1.165) is 70.6 Å². The van der Waals surface area contributed by atoms with Crippen LogP contribution in [-0.4, -0.2) is 109 Å². The maximum absolute atomic E-state index is 12.7. The first-order valence-corrected chi connectivity index (χ1v) is 22.8. The summed E-state index contributed by atoms with van der Waals surface area (Å²) in [4.78, 5) is 83.6. The van der Waals surface area contributed by atoms with Crippen molar-refractivity contribution in [1.29, 1.82) is 0 Å². The van der Waals surface area contributed by atoms with Crippen molar-refractivity contribution in [3.05, 3.63) is 0 Å². The molecule has 9 N–H and O–H groups in total. The number of unbranched alkanes of at least 4 members (excludes halogenated alkanes) is 14. The van der Waals surface area contributed by atoms with E-state index in [9.17, 15) is 38.7 Å². The molecule has 0 spiro atoms. The number of aliphatic carboxylic acids is 2. The monoisotopic (exact) mass is 876 g/mol. The standard InChI is InChI=1S/C41H77N7O9S2/c1-42-31(38(53)45-29-19-16-22-32(43-2)39(54)46-30-20-17-23-34(48-59)41(57)58)21-15-18-28-44-35(49)27-26-33(40(55)56)47-36(50)24-13-11-9-7-5-3-4-6-8-10-12-14-25-37(51)52/h31-34,42-43,48,59H,3-30H2,1-2H3,(H,44,49)(H,45,53)(H,46,54)(H,47,50)(H,51,52)(H,55,56)(H,57,58)/t31-,32?,33?,34?/m0/s1. The van der Waals surface area contributed by atoms with Crippen molar-refractivity contribution in [2.75, 3.05) is 33.7 Å². The molecule has 0 heterocycles. The van der Waals surface area contributed by atoms with Crippen LogP contribution in [0.5, 0.6) is 0 Å². The molecule has 0 radical (unpaired) electrons. The Morgan fingerprint density at radius 3 is 1.25 bits per heavy atom. The molecule has 0 bridgehead atoms. The van der Waals surface area contributed by atoms with E-state index in [4.69, 9.17) is 5.11 Å². The highest BCUT2D eigenvalue weighted by atomic mass is 32.1. The van der Waals surface area contributed by atoms with Gasteiger partial charge in [-0.3, -0.25) is 33.5 Å². The lowest BCUT2D eigenvalue weighted by atomic mass is 10.0. The molecule has 0 saturated carbocycles. The van der Waals surface area contributed by atoms with Crippen LogP contribution in [0.2, 0.25) is 0 Å². The van der Waals surface area contributed by atoms with E-state index in [1.807, 2.05) is 0 Å². The Labute approximate surface area is 363 Å². The van der Waals surface area contributed by atoms with E-state index < -0.39 is 24.0 Å². The minimum absolute atomic E-state index is 0.00208. The van der Waals surface area contributed by atoms with Gasteiger partial charge in [-0.25, -0.2) is 4.79 Å². The fourth-order valence-electron chi connectivity index (χ4n) is 6.59. The largest absolute Gasteiger partial charge is 0.481 e. The molecule has 0 saturated heterocycles. The van der Waals surface area contributed by atoms with Gasteiger partial charge in [-0.05, 0) is 91.1 Å². The number of likely N-dealkylation sites (N-methyl/N-ethyl adjacent to an activating group) is 2. The minimum Gasteiger partial charge on any atom is -0.481 e. The summed E-state index contributed by atoms with van der Waals surface area (Å²) in [5.41, 5.74) is 0. The third-order valence-corrected chi connectivity index (χ3v) is 10.9. The van der Waals surface area contributed by atoms with Gasteiger partial charge in [-0.15, -0.1) is 12.6 Å². The summed E-state index contributed by atoms with van der Waals surface area (Å²) in [5.74, 6) is -2.70. The minimum atomic E-state index is -1.17. The molecule has 0 aromatic carbocycles. The fraction of sp³-hybridized carbons (Fsp3) is 0.829.